The van der Waals surface area contributed by atoms with Gasteiger partial charge in [-0.25, -0.2) is 0 Å². The molecule has 16 nitrogen and oxygen atoms in total. The molecule has 1 aliphatic rings. The second-order valence-corrected chi connectivity index (χ2v) is 13.6. The maximum Gasteiger partial charge on any atom is 0.306 e. The van der Waals surface area contributed by atoms with Crippen molar-refractivity contribution in [1.82, 2.24) is 20.9 Å². The molecule has 4 atom stereocenters. The standard InChI is InChI=1S/C36H54N6O10/c1-6-52-36(4,5)21-30(45)38-16-8-7-10-26(40-29(44)11-9-17-42-31(46)14-15-32(42)47)34(49)39-23(3)33(48)41-27-20-24(12-13-28(27)43)19-25(37)18-22(2)35(50)51/h12-15,20,22-23,25-26,43H,6-11,16-19,21,37H2,1-5H3,(H,38,45)(H,39,49)(H,40,44)(H,41,48)(H,50,51)/t22?,23-,25+,26-/m0/s1. The number of hydrogen-bond acceptors (Lipinski definition) is 10. The lowest BCUT2D eigenvalue weighted by molar-refractivity contribution is -0.141. The van der Waals surface area contributed by atoms with E-state index in [1.165, 1.54) is 19.1 Å². The van der Waals surface area contributed by atoms with Crippen molar-refractivity contribution in [3.63, 3.8) is 0 Å². The number of unbranched alkanes of at least 4 members (excludes halogenated alkanes) is 1. The van der Waals surface area contributed by atoms with Crippen molar-refractivity contribution >= 4 is 47.1 Å². The number of hydrogen-bond donors (Lipinski definition) is 7. The zero-order chi connectivity index (χ0) is 39.0. The number of phenols is 1. The summed E-state index contributed by atoms with van der Waals surface area (Å²) in [6, 6.07) is 1.89. The molecule has 0 saturated carbocycles. The average molecular weight is 731 g/mol. The predicted octanol–water partition coefficient (Wildman–Crippen LogP) is 1.50. The number of benzene rings is 1. The molecule has 16 heteroatoms. The quantitative estimate of drug-likeness (QED) is 0.0483. The smallest absolute Gasteiger partial charge is 0.306 e. The van der Waals surface area contributed by atoms with E-state index in [1.54, 1.807) is 13.0 Å². The highest BCUT2D eigenvalue weighted by molar-refractivity contribution is 6.12. The maximum atomic E-state index is 13.4. The second-order valence-electron chi connectivity index (χ2n) is 13.6. The molecular weight excluding hydrogens is 676 g/mol. The lowest BCUT2D eigenvalue weighted by Gasteiger charge is -2.24. The number of carbonyl (C=O) groups is 7. The number of rotatable bonds is 23. The maximum absolute atomic E-state index is 13.4. The molecule has 6 amide bonds. The van der Waals surface area contributed by atoms with Crippen molar-refractivity contribution in [1.29, 1.82) is 0 Å². The normalized spacial score (nSPS) is 15.1. The summed E-state index contributed by atoms with van der Waals surface area (Å²) in [6.07, 6.45) is 4.23. The first-order chi connectivity index (χ1) is 24.4. The lowest BCUT2D eigenvalue weighted by Crippen LogP contribution is -2.51. The van der Waals surface area contributed by atoms with Crippen LogP contribution in [0.5, 0.6) is 5.75 Å². The van der Waals surface area contributed by atoms with Crippen molar-refractivity contribution in [2.75, 3.05) is 25.0 Å². The topological polar surface area (TPSA) is 247 Å². The van der Waals surface area contributed by atoms with Crippen molar-refractivity contribution in [2.45, 2.75) is 110 Å². The predicted molar refractivity (Wildman–Crippen MR) is 192 cm³/mol. The van der Waals surface area contributed by atoms with Crippen LogP contribution in [0.4, 0.5) is 5.69 Å². The second kappa shape index (κ2) is 20.9. The zero-order valence-electron chi connectivity index (χ0n) is 30.7. The van der Waals surface area contributed by atoms with Gasteiger partial charge in [0.2, 0.25) is 23.6 Å². The highest BCUT2D eigenvalue weighted by atomic mass is 16.5. The van der Waals surface area contributed by atoms with E-state index in [4.69, 9.17) is 15.6 Å². The van der Waals surface area contributed by atoms with E-state index in [0.29, 0.717) is 38.0 Å². The van der Waals surface area contributed by atoms with Gasteiger partial charge in [-0.1, -0.05) is 13.0 Å². The van der Waals surface area contributed by atoms with Crippen molar-refractivity contribution in [3.05, 3.63) is 35.9 Å². The Labute approximate surface area is 304 Å². The third kappa shape index (κ3) is 15.2. The number of anilines is 1. The first-order valence-corrected chi connectivity index (χ1v) is 17.6. The molecule has 0 aromatic heterocycles. The number of phenolic OH excluding ortho intramolecular Hbond substituents is 1. The van der Waals surface area contributed by atoms with Gasteiger partial charge in [-0.2, -0.15) is 0 Å². The molecule has 0 spiro atoms. The fourth-order valence-corrected chi connectivity index (χ4v) is 5.55. The number of aliphatic carboxylic acids is 1. The summed E-state index contributed by atoms with van der Waals surface area (Å²) in [5.41, 5.74) is 6.23. The number of nitrogens with zero attached hydrogens (tertiary/aromatic N) is 1. The van der Waals surface area contributed by atoms with Crippen LogP contribution in [0.3, 0.4) is 0 Å². The molecule has 0 saturated heterocycles. The first-order valence-electron chi connectivity index (χ1n) is 17.6. The molecule has 1 aliphatic heterocycles. The van der Waals surface area contributed by atoms with E-state index in [1.807, 2.05) is 20.8 Å². The van der Waals surface area contributed by atoms with Crippen LogP contribution in [0.2, 0.25) is 0 Å². The van der Waals surface area contributed by atoms with E-state index < -0.39 is 65.1 Å². The Bertz CT molecular complexity index is 1460. The third-order valence-electron chi connectivity index (χ3n) is 8.35. The molecule has 52 heavy (non-hydrogen) atoms. The number of carboxylic acids is 1. The van der Waals surface area contributed by atoms with E-state index in [0.717, 1.165) is 17.1 Å². The monoisotopic (exact) mass is 730 g/mol. The minimum absolute atomic E-state index is 0.0351. The summed E-state index contributed by atoms with van der Waals surface area (Å²) in [5.74, 6) is -4.71. The van der Waals surface area contributed by atoms with Crippen molar-refractivity contribution in [3.8, 4) is 5.75 Å². The Morgan fingerprint density at radius 2 is 1.63 bits per heavy atom. The Kier molecular flexibility index (Phi) is 17.4. The van der Waals surface area contributed by atoms with Gasteiger partial charge >= 0.3 is 5.97 Å². The van der Waals surface area contributed by atoms with Gasteiger partial charge in [0, 0.05) is 44.3 Å². The van der Waals surface area contributed by atoms with Gasteiger partial charge in [-0.15, -0.1) is 0 Å². The Balaban J connectivity index is 2.00. The summed E-state index contributed by atoms with van der Waals surface area (Å²) in [7, 11) is 0. The SMILES string of the molecule is CCOC(C)(C)CC(=O)NCCCC[C@H](NC(=O)CCCN1C(=O)C=CC1=O)C(=O)N[C@@H](C)C(=O)Nc1cc(C[C@H](N)CC(C)C(=O)O)ccc1O. The molecule has 0 bridgehead atoms. The van der Waals surface area contributed by atoms with Crippen LogP contribution in [0.25, 0.3) is 0 Å². The lowest BCUT2D eigenvalue weighted by atomic mass is 9.96. The van der Waals surface area contributed by atoms with Crippen LogP contribution in [0, 0.1) is 5.92 Å². The minimum Gasteiger partial charge on any atom is -0.506 e. The van der Waals surface area contributed by atoms with Gasteiger partial charge in [0.15, 0.2) is 0 Å². The molecule has 2 rings (SSSR count). The molecule has 0 aliphatic carbocycles. The van der Waals surface area contributed by atoms with Crippen LogP contribution in [0.15, 0.2) is 30.4 Å². The number of imide groups is 1. The Hall–Kier alpha value is -4.83. The average Bonchev–Trinajstić information content (AvgIpc) is 3.37. The molecule has 0 radical (unpaired) electrons. The first kappa shape index (κ1) is 43.3. The number of ether oxygens (including phenoxy) is 1. The van der Waals surface area contributed by atoms with Gasteiger partial charge in [-0.05, 0) is 83.9 Å². The number of carbonyl (C=O) groups excluding carboxylic acids is 6. The number of nitrogens with one attached hydrogen (secondary N) is 4. The summed E-state index contributed by atoms with van der Waals surface area (Å²) >= 11 is 0. The number of nitrogens with two attached hydrogens (primary N) is 1. The number of carboxylic acid groups (broad SMARTS) is 1. The van der Waals surface area contributed by atoms with E-state index >= 15 is 0 Å². The highest BCUT2D eigenvalue weighted by Gasteiger charge is 2.27. The zero-order valence-corrected chi connectivity index (χ0v) is 30.7. The molecule has 0 fully saturated rings. The van der Waals surface area contributed by atoms with Gasteiger partial charge in [0.1, 0.15) is 17.8 Å². The summed E-state index contributed by atoms with van der Waals surface area (Å²) < 4.78 is 5.57. The van der Waals surface area contributed by atoms with Gasteiger partial charge in [-0.3, -0.25) is 38.5 Å². The van der Waals surface area contributed by atoms with Crippen LogP contribution >= 0.6 is 0 Å². The largest absolute Gasteiger partial charge is 0.506 e. The van der Waals surface area contributed by atoms with E-state index in [2.05, 4.69) is 21.3 Å². The molecule has 1 aromatic rings. The highest BCUT2D eigenvalue weighted by Crippen LogP contribution is 2.25. The van der Waals surface area contributed by atoms with Gasteiger partial charge in [0.05, 0.1) is 23.6 Å². The van der Waals surface area contributed by atoms with Crippen LogP contribution in [-0.4, -0.2) is 99.9 Å². The third-order valence-corrected chi connectivity index (χ3v) is 8.35. The minimum atomic E-state index is -1.10. The summed E-state index contributed by atoms with van der Waals surface area (Å²) in [6.45, 7) is 9.34. The molecule has 1 heterocycles. The Morgan fingerprint density at radius 3 is 2.27 bits per heavy atom. The summed E-state index contributed by atoms with van der Waals surface area (Å²) in [5, 5.41) is 30.2. The molecular formula is C36H54N6O10. The van der Waals surface area contributed by atoms with Crippen LogP contribution in [-0.2, 0) is 44.7 Å². The van der Waals surface area contributed by atoms with Crippen LogP contribution < -0.4 is 27.0 Å². The van der Waals surface area contributed by atoms with Gasteiger partial charge in [0.25, 0.3) is 11.8 Å². The summed E-state index contributed by atoms with van der Waals surface area (Å²) in [4.78, 5) is 87.5. The number of amides is 6. The number of aromatic hydroxyl groups is 1. The van der Waals surface area contributed by atoms with Crippen LogP contribution in [0.1, 0.15) is 85.1 Å². The Morgan fingerprint density at radius 1 is 0.962 bits per heavy atom. The van der Waals surface area contributed by atoms with Gasteiger partial charge < -0.3 is 42.0 Å². The molecule has 1 aromatic carbocycles. The van der Waals surface area contributed by atoms with E-state index in [9.17, 15) is 38.7 Å². The molecule has 8 N–H and O–H groups in total. The molecule has 288 valence electrons. The van der Waals surface area contributed by atoms with Crippen molar-refractivity contribution in [2.24, 2.45) is 11.7 Å². The van der Waals surface area contributed by atoms with Crippen molar-refractivity contribution < 1.29 is 48.5 Å². The van der Waals surface area contributed by atoms with E-state index in [-0.39, 0.29) is 56.0 Å². The fraction of sp³-hybridized carbons (Fsp3) is 0.583. The molecule has 1 unspecified atom stereocenters. The fourth-order valence-electron chi connectivity index (χ4n) is 5.55.